The van der Waals surface area contributed by atoms with Gasteiger partial charge in [0.05, 0.1) is 6.17 Å². The molecule has 0 bridgehead atoms. The molecule has 0 heterocycles. The Balaban J connectivity index is 0.00000364. The summed E-state index contributed by atoms with van der Waals surface area (Å²) in [5.74, 6) is 0.483. The Morgan fingerprint density at radius 3 is 1.89 bits per heavy atom. The summed E-state index contributed by atoms with van der Waals surface area (Å²) < 4.78 is 0. The van der Waals surface area contributed by atoms with Crippen LogP contribution in [0.3, 0.4) is 0 Å². The Hall–Kier alpha value is -1.06. The highest BCUT2D eigenvalue weighted by atomic mass is 35.5. The third kappa shape index (κ3) is 7.08. The second-order valence-electron chi connectivity index (χ2n) is 7.73. The van der Waals surface area contributed by atoms with Gasteiger partial charge in [0, 0.05) is 5.41 Å². The van der Waals surface area contributed by atoms with Gasteiger partial charge >= 0.3 is 0 Å². The molecule has 0 saturated carbocycles. The normalized spacial score (nSPS) is 13.9. The molecule has 0 spiro atoms. The van der Waals surface area contributed by atoms with Gasteiger partial charge in [0.2, 0.25) is 0 Å². The molecule has 0 fully saturated rings. The third-order valence-electron chi connectivity index (χ3n) is 5.86. The highest BCUT2D eigenvalue weighted by molar-refractivity contribution is 5.85. The van der Waals surface area contributed by atoms with Crippen LogP contribution >= 0.6 is 24.8 Å². The Morgan fingerprint density at radius 2 is 1.36 bits per heavy atom. The molecule has 0 aliphatic heterocycles. The Kier molecular flexibility index (Phi) is 13.5. The lowest BCUT2D eigenvalue weighted by Gasteiger charge is -2.43. The van der Waals surface area contributed by atoms with Crippen molar-refractivity contribution >= 4 is 24.8 Å². The molecule has 0 radical (unpaired) electrons. The number of hydrogen-bond donors (Lipinski definition) is 2. The highest BCUT2D eigenvalue weighted by Gasteiger charge is 2.40. The molecule has 2 aromatic carbocycles. The maximum absolute atomic E-state index is 6.59. The van der Waals surface area contributed by atoms with Gasteiger partial charge in [0.15, 0.2) is 0 Å². The van der Waals surface area contributed by atoms with Crippen LogP contribution in [0.2, 0.25) is 0 Å². The number of unbranched alkanes of at least 4 members (excludes halogenated alkanes) is 3. The predicted molar refractivity (Wildman–Crippen MR) is 128 cm³/mol. The van der Waals surface area contributed by atoms with Gasteiger partial charge in [-0.3, -0.25) is 0 Å². The second-order valence-corrected chi connectivity index (χ2v) is 7.73. The summed E-state index contributed by atoms with van der Waals surface area (Å²) in [6, 6.07) is 21.6. The molecular weight excluding hydrogens is 387 g/mol. The number of likely N-dealkylation sites (N-methyl/N-ethyl adjacent to an activating group) is 1. The quantitative estimate of drug-likeness (QED) is 0.336. The van der Waals surface area contributed by atoms with Crippen LogP contribution in [0.4, 0.5) is 0 Å². The predicted octanol–water partition coefficient (Wildman–Crippen LogP) is 6.12. The molecule has 0 amide bonds. The van der Waals surface area contributed by atoms with Crippen molar-refractivity contribution in [3.63, 3.8) is 0 Å². The number of halogens is 2. The van der Waals surface area contributed by atoms with Gasteiger partial charge in [-0.05, 0) is 43.4 Å². The van der Waals surface area contributed by atoms with Crippen molar-refractivity contribution in [1.82, 2.24) is 5.32 Å². The molecule has 0 aliphatic rings. The first-order valence-corrected chi connectivity index (χ1v) is 10.1. The average Bonchev–Trinajstić information content (AvgIpc) is 2.68. The summed E-state index contributed by atoms with van der Waals surface area (Å²) in [7, 11) is 1.98. The summed E-state index contributed by atoms with van der Waals surface area (Å²) in [6.45, 7) is 4.61. The van der Waals surface area contributed by atoms with Crippen molar-refractivity contribution in [2.45, 2.75) is 64.0 Å². The zero-order valence-corrected chi connectivity index (χ0v) is 19.2. The van der Waals surface area contributed by atoms with Crippen LogP contribution in [0, 0.1) is 5.92 Å². The lowest BCUT2D eigenvalue weighted by atomic mass is 9.66. The van der Waals surface area contributed by atoms with E-state index in [0.29, 0.717) is 5.92 Å². The number of rotatable bonds is 11. The van der Waals surface area contributed by atoms with Crippen molar-refractivity contribution in [2.24, 2.45) is 11.7 Å². The van der Waals surface area contributed by atoms with Crippen molar-refractivity contribution in [3.05, 3.63) is 71.8 Å². The molecule has 28 heavy (non-hydrogen) atoms. The molecule has 4 heteroatoms. The molecule has 0 aromatic heterocycles. The fraction of sp³-hybridized carbons (Fsp3) is 0.500. The lowest BCUT2D eigenvalue weighted by Crippen LogP contribution is -2.56. The molecule has 0 saturated heterocycles. The van der Waals surface area contributed by atoms with Crippen molar-refractivity contribution in [1.29, 1.82) is 0 Å². The standard InChI is InChI=1S/C24H36N2.2ClH/c1-20(2)24(23(25)26-3,22-17-11-7-12-18-22)19-13-5-4-8-14-21-15-9-6-10-16-21;;/h6-7,9-12,15-18,20,23,26H,4-5,8,13-14,19,25H2,1-3H3;2*1H. The van der Waals surface area contributed by atoms with Crippen LogP contribution in [0.15, 0.2) is 60.7 Å². The highest BCUT2D eigenvalue weighted by Crippen LogP contribution is 2.39. The minimum Gasteiger partial charge on any atom is -0.315 e. The molecule has 2 aromatic rings. The van der Waals surface area contributed by atoms with Crippen LogP contribution in [-0.4, -0.2) is 13.2 Å². The molecule has 2 unspecified atom stereocenters. The van der Waals surface area contributed by atoms with Crippen molar-refractivity contribution in [2.75, 3.05) is 7.05 Å². The first-order chi connectivity index (χ1) is 12.6. The van der Waals surface area contributed by atoms with Crippen LogP contribution in [-0.2, 0) is 11.8 Å². The summed E-state index contributed by atoms with van der Waals surface area (Å²) in [5.41, 5.74) is 9.38. The topological polar surface area (TPSA) is 38.0 Å². The van der Waals surface area contributed by atoms with Crippen molar-refractivity contribution in [3.8, 4) is 0 Å². The van der Waals surface area contributed by atoms with E-state index in [-0.39, 0.29) is 36.4 Å². The second kappa shape index (κ2) is 14.0. The van der Waals surface area contributed by atoms with E-state index < -0.39 is 0 Å². The summed E-state index contributed by atoms with van der Waals surface area (Å²) >= 11 is 0. The number of aryl methyl sites for hydroxylation is 1. The van der Waals surface area contributed by atoms with Crippen LogP contribution in [0.1, 0.15) is 57.1 Å². The zero-order chi connectivity index (χ0) is 18.8. The fourth-order valence-corrected chi connectivity index (χ4v) is 4.21. The van der Waals surface area contributed by atoms with E-state index in [2.05, 4.69) is 79.8 Å². The number of hydrogen-bond acceptors (Lipinski definition) is 2. The van der Waals surface area contributed by atoms with E-state index in [9.17, 15) is 0 Å². The van der Waals surface area contributed by atoms with Gasteiger partial charge in [-0.15, -0.1) is 24.8 Å². The molecule has 0 aliphatic carbocycles. The Labute approximate surface area is 184 Å². The number of nitrogens with one attached hydrogen (secondary N) is 1. The van der Waals surface area contributed by atoms with Gasteiger partial charge in [0.25, 0.3) is 0 Å². The monoisotopic (exact) mass is 424 g/mol. The minimum absolute atomic E-state index is 0. The smallest absolute Gasteiger partial charge is 0.0645 e. The molecule has 2 rings (SSSR count). The van der Waals surface area contributed by atoms with E-state index in [1.165, 1.54) is 43.2 Å². The van der Waals surface area contributed by atoms with Crippen LogP contribution < -0.4 is 11.1 Å². The fourth-order valence-electron chi connectivity index (χ4n) is 4.21. The van der Waals surface area contributed by atoms with E-state index >= 15 is 0 Å². The summed E-state index contributed by atoms with van der Waals surface area (Å²) in [5, 5.41) is 3.34. The maximum Gasteiger partial charge on any atom is 0.0645 e. The van der Waals surface area contributed by atoms with E-state index in [1.54, 1.807) is 0 Å². The van der Waals surface area contributed by atoms with Gasteiger partial charge in [0.1, 0.15) is 0 Å². The summed E-state index contributed by atoms with van der Waals surface area (Å²) in [6.07, 6.45) is 7.32. The van der Waals surface area contributed by atoms with Crippen molar-refractivity contribution < 1.29 is 0 Å². The van der Waals surface area contributed by atoms with Gasteiger partial charge in [-0.25, -0.2) is 0 Å². The maximum atomic E-state index is 6.59. The van der Waals surface area contributed by atoms with E-state index in [1.807, 2.05) is 7.05 Å². The number of benzene rings is 2. The molecular formula is C24H38Cl2N2. The van der Waals surface area contributed by atoms with Gasteiger partial charge in [-0.1, -0.05) is 93.8 Å². The first kappa shape index (κ1) is 26.9. The van der Waals surface area contributed by atoms with Gasteiger partial charge in [-0.2, -0.15) is 0 Å². The first-order valence-electron chi connectivity index (χ1n) is 10.1. The molecule has 3 N–H and O–H groups in total. The molecule has 158 valence electrons. The van der Waals surface area contributed by atoms with E-state index in [0.717, 1.165) is 6.42 Å². The minimum atomic E-state index is -0.0331. The molecule has 2 nitrogen and oxygen atoms in total. The summed E-state index contributed by atoms with van der Waals surface area (Å²) in [4.78, 5) is 0. The van der Waals surface area contributed by atoms with E-state index in [4.69, 9.17) is 5.73 Å². The zero-order valence-electron chi connectivity index (χ0n) is 17.6. The third-order valence-corrected chi connectivity index (χ3v) is 5.86. The lowest BCUT2D eigenvalue weighted by molar-refractivity contribution is 0.203. The van der Waals surface area contributed by atoms with Gasteiger partial charge < -0.3 is 11.1 Å². The van der Waals surface area contributed by atoms with Crippen LogP contribution in [0.5, 0.6) is 0 Å². The SMILES string of the molecule is CNC(N)C(CCCCCCc1ccccc1)(c1ccccc1)C(C)C.Cl.Cl. The van der Waals surface area contributed by atoms with Crippen LogP contribution in [0.25, 0.3) is 0 Å². The molecule has 2 atom stereocenters. The number of nitrogens with two attached hydrogens (primary N) is 1. The average molecular weight is 425 g/mol. The Morgan fingerprint density at radius 1 is 0.821 bits per heavy atom. The largest absolute Gasteiger partial charge is 0.315 e. The Bertz CT molecular complexity index is 619.